The molecule has 0 bridgehead atoms. The van der Waals surface area contributed by atoms with E-state index in [1.165, 1.54) is 0 Å². The third-order valence-corrected chi connectivity index (χ3v) is 3.50. The van der Waals surface area contributed by atoms with Gasteiger partial charge in [0.2, 0.25) is 0 Å². The maximum Gasteiger partial charge on any atom is 0.150 e. The molecule has 3 rings (SSSR count). The molecule has 1 aromatic heterocycles. The van der Waals surface area contributed by atoms with Crippen LogP contribution in [0.5, 0.6) is 0 Å². The smallest absolute Gasteiger partial charge is 0.150 e. The minimum absolute atomic E-state index is 0.367. The zero-order chi connectivity index (χ0) is 15.5. The number of nitrogen functional groups attached to an aromatic ring is 1. The van der Waals surface area contributed by atoms with Crippen LogP contribution in [0.15, 0.2) is 48.7 Å². The molecule has 0 atom stereocenters. The molecule has 0 aliphatic rings. The summed E-state index contributed by atoms with van der Waals surface area (Å²) in [5.41, 5.74) is 8.01. The zero-order valence-corrected chi connectivity index (χ0v) is 12.3. The quantitative estimate of drug-likeness (QED) is 0.551. The van der Waals surface area contributed by atoms with Gasteiger partial charge in [-0.25, -0.2) is 4.98 Å². The fourth-order valence-electron chi connectivity index (χ4n) is 2.11. The Labute approximate surface area is 132 Å². The molecule has 0 aliphatic carbocycles. The second kappa shape index (κ2) is 5.88. The van der Waals surface area contributed by atoms with E-state index >= 15 is 0 Å². The molecule has 3 nitrogen and oxygen atoms in total. The van der Waals surface area contributed by atoms with Crippen LogP contribution in [0, 0.1) is 11.8 Å². The molecule has 2 aromatic carbocycles. The van der Waals surface area contributed by atoms with Gasteiger partial charge in [-0.1, -0.05) is 41.6 Å². The van der Waals surface area contributed by atoms with Crippen molar-refractivity contribution in [3.63, 3.8) is 0 Å². The van der Waals surface area contributed by atoms with Crippen molar-refractivity contribution >= 4 is 34.5 Å². The molecule has 0 unspecified atom stereocenters. The van der Waals surface area contributed by atoms with E-state index in [2.05, 4.69) is 16.8 Å². The molecule has 1 heterocycles. The van der Waals surface area contributed by atoms with Gasteiger partial charge in [0.25, 0.3) is 0 Å². The van der Waals surface area contributed by atoms with E-state index in [0.717, 1.165) is 22.6 Å². The van der Waals surface area contributed by atoms with Crippen molar-refractivity contribution in [3.8, 4) is 11.8 Å². The SMILES string of the molecule is Nc1ncc2ccc(Cl)cc2c1C#Cc1ccc(C=O)cc1. The molecular weight excluding hydrogens is 296 g/mol. The van der Waals surface area contributed by atoms with Gasteiger partial charge in [0.15, 0.2) is 0 Å². The number of carbonyl (C=O) groups is 1. The first-order chi connectivity index (χ1) is 10.7. The zero-order valence-electron chi connectivity index (χ0n) is 11.5. The van der Waals surface area contributed by atoms with E-state index in [1.54, 1.807) is 36.5 Å². The van der Waals surface area contributed by atoms with E-state index in [-0.39, 0.29) is 0 Å². The normalized spacial score (nSPS) is 10.0. The Kier molecular flexibility index (Phi) is 3.78. The Morgan fingerprint density at radius 3 is 2.59 bits per heavy atom. The number of pyridine rings is 1. The number of benzene rings is 2. The number of fused-ring (bicyclic) bond motifs is 1. The van der Waals surface area contributed by atoms with E-state index in [4.69, 9.17) is 17.3 Å². The molecule has 0 spiro atoms. The summed E-state index contributed by atoms with van der Waals surface area (Å²) in [4.78, 5) is 14.8. The van der Waals surface area contributed by atoms with E-state index in [0.29, 0.717) is 22.0 Å². The molecule has 0 amide bonds. The van der Waals surface area contributed by atoms with Gasteiger partial charge in [0, 0.05) is 33.1 Å². The predicted octanol–water partition coefficient (Wildman–Crippen LogP) is 3.68. The predicted molar refractivity (Wildman–Crippen MR) is 89.0 cm³/mol. The molecule has 2 N–H and O–H groups in total. The summed E-state index contributed by atoms with van der Waals surface area (Å²) in [6, 6.07) is 12.5. The van der Waals surface area contributed by atoms with Crippen LogP contribution in [-0.4, -0.2) is 11.3 Å². The van der Waals surface area contributed by atoms with Crippen LogP contribution in [0.3, 0.4) is 0 Å². The maximum atomic E-state index is 10.6. The monoisotopic (exact) mass is 306 g/mol. The maximum absolute atomic E-state index is 10.6. The summed E-state index contributed by atoms with van der Waals surface area (Å²) in [5, 5.41) is 2.42. The standard InChI is InChI=1S/C18H11ClN2O/c19-15-7-6-14-10-21-18(20)16(17(14)9-15)8-5-12-1-3-13(11-22)4-2-12/h1-4,6-7,9-11H,(H2,20,21). The van der Waals surface area contributed by atoms with Crippen LogP contribution in [-0.2, 0) is 0 Å². The van der Waals surface area contributed by atoms with Crippen LogP contribution >= 0.6 is 11.6 Å². The lowest BCUT2D eigenvalue weighted by molar-refractivity contribution is 0.112. The van der Waals surface area contributed by atoms with Crippen LogP contribution in [0.25, 0.3) is 10.8 Å². The fourth-order valence-corrected chi connectivity index (χ4v) is 2.28. The highest BCUT2D eigenvalue weighted by atomic mass is 35.5. The Morgan fingerprint density at radius 1 is 1.09 bits per heavy atom. The van der Waals surface area contributed by atoms with Crippen LogP contribution in [0.4, 0.5) is 5.82 Å². The van der Waals surface area contributed by atoms with E-state index < -0.39 is 0 Å². The van der Waals surface area contributed by atoms with Crippen LogP contribution in [0.1, 0.15) is 21.5 Å². The molecule has 0 saturated carbocycles. The first kappa shape index (κ1) is 14.1. The molecule has 4 heteroatoms. The van der Waals surface area contributed by atoms with Gasteiger partial charge in [0.1, 0.15) is 12.1 Å². The number of hydrogen-bond donors (Lipinski definition) is 1. The van der Waals surface area contributed by atoms with Crippen molar-refractivity contribution in [3.05, 3.63) is 70.4 Å². The Bertz CT molecular complexity index is 916. The number of rotatable bonds is 1. The van der Waals surface area contributed by atoms with Crippen molar-refractivity contribution in [1.29, 1.82) is 0 Å². The lowest BCUT2D eigenvalue weighted by atomic mass is 10.1. The van der Waals surface area contributed by atoms with E-state index in [1.807, 2.05) is 12.1 Å². The number of aldehydes is 1. The van der Waals surface area contributed by atoms with Gasteiger partial charge >= 0.3 is 0 Å². The minimum Gasteiger partial charge on any atom is -0.383 e. The van der Waals surface area contributed by atoms with Crippen molar-refractivity contribution < 1.29 is 4.79 Å². The fraction of sp³-hybridized carbons (Fsp3) is 0. The minimum atomic E-state index is 0.367. The van der Waals surface area contributed by atoms with Gasteiger partial charge in [0.05, 0.1) is 5.56 Å². The Hall–Kier alpha value is -2.83. The summed E-state index contributed by atoms with van der Waals surface area (Å²) in [6.45, 7) is 0. The number of aromatic nitrogens is 1. The molecule has 22 heavy (non-hydrogen) atoms. The highest BCUT2D eigenvalue weighted by Crippen LogP contribution is 2.24. The number of nitrogens with two attached hydrogens (primary N) is 1. The number of halogens is 1. The van der Waals surface area contributed by atoms with Gasteiger partial charge in [-0.05, 0) is 24.3 Å². The highest BCUT2D eigenvalue weighted by Gasteiger charge is 2.05. The van der Waals surface area contributed by atoms with E-state index in [9.17, 15) is 4.79 Å². The lowest BCUT2D eigenvalue weighted by Crippen LogP contribution is -1.95. The molecule has 0 fully saturated rings. The highest BCUT2D eigenvalue weighted by molar-refractivity contribution is 6.31. The molecule has 3 aromatic rings. The van der Waals surface area contributed by atoms with Crippen molar-refractivity contribution in [2.75, 3.05) is 5.73 Å². The van der Waals surface area contributed by atoms with Crippen LogP contribution < -0.4 is 5.73 Å². The summed E-state index contributed by atoms with van der Waals surface area (Å²) in [5.74, 6) is 6.46. The first-order valence-electron chi connectivity index (χ1n) is 6.58. The largest absolute Gasteiger partial charge is 0.383 e. The number of hydrogen-bond acceptors (Lipinski definition) is 3. The molecule has 106 valence electrons. The van der Waals surface area contributed by atoms with Gasteiger partial charge in [-0.2, -0.15) is 0 Å². The van der Waals surface area contributed by atoms with Gasteiger partial charge in [-0.15, -0.1) is 0 Å². The van der Waals surface area contributed by atoms with Crippen molar-refractivity contribution in [2.45, 2.75) is 0 Å². The average molecular weight is 307 g/mol. The summed E-state index contributed by atoms with van der Waals surface area (Å²) >= 11 is 6.05. The Balaban J connectivity index is 2.10. The number of nitrogens with zero attached hydrogens (tertiary/aromatic N) is 1. The lowest BCUT2D eigenvalue weighted by Gasteiger charge is -2.04. The third-order valence-electron chi connectivity index (χ3n) is 3.26. The first-order valence-corrected chi connectivity index (χ1v) is 6.96. The van der Waals surface area contributed by atoms with Gasteiger partial charge in [-0.3, -0.25) is 4.79 Å². The molecule has 0 saturated heterocycles. The number of carbonyl (C=O) groups excluding carboxylic acids is 1. The summed E-state index contributed by atoms with van der Waals surface area (Å²) in [7, 11) is 0. The molecular formula is C18H11ClN2O. The van der Waals surface area contributed by atoms with Gasteiger partial charge < -0.3 is 5.73 Å². The topological polar surface area (TPSA) is 56.0 Å². The summed E-state index contributed by atoms with van der Waals surface area (Å²) < 4.78 is 0. The summed E-state index contributed by atoms with van der Waals surface area (Å²) in [6.07, 6.45) is 2.50. The van der Waals surface area contributed by atoms with Crippen molar-refractivity contribution in [2.24, 2.45) is 0 Å². The number of anilines is 1. The molecule has 0 radical (unpaired) electrons. The Morgan fingerprint density at radius 2 is 1.86 bits per heavy atom. The van der Waals surface area contributed by atoms with Crippen LogP contribution in [0.2, 0.25) is 5.02 Å². The third kappa shape index (κ3) is 2.78. The average Bonchev–Trinajstić information content (AvgIpc) is 2.54. The second-order valence-corrected chi connectivity index (χ2v) is 5.18. The second-order valence-electron chi connectivity index (χ2n) is 4.74. The van der Waals surface area contributed by atoms with Crippen molar-refractivity contribution in [1.82, 2.24) is 4.98 Å². The molecule has 0 aliphatic heterocycles.